The average Bonchev–Trinajstić information content (AvgIpc) is 3.02. The summed E-state index contributed by atoms with van der Waals surface area (Å²) in [6.07, 6.45) is 6.64. The monoisotopic (exact) mass is 344 g/mol. The molecule has 1 aliphatic heterocycles. The van der Waals surface area contributed by atoms with Gasteiger partial charge in [0, 0.05) is 25.1 Å². The third kappa shape index (κ3) is 3.87. The van der Waals surface area contributed by atoms with Crippen LogP contribution in [0.25, 0.3) is 0 Å². The van der Waals surface area contributed by atoms with Gasteiger partial charge in [0.1, 0.15) is 11.3 Å². The molecule has 0 spiro atoms. The minimum Gasteiger partial charge on any atom is -0.377 e. The van der Waals surface area contributed by atoms with Crippen LogP contribution in [0.2, 0.25) is 0 Å². The van der Waals surface area contributed by atoms with Gasteiger partial charge in [-0.1, -0.05) is 19.0 Å². The molecule has 0 aromatic carbocycles. The molecule has 1 fully saturated rings. The Labute approximate surface area is 147 Å². The van der Waals surface area contributed by atoms with Crippen LogP contribution < -0.4 is 0 Å². The zero-order valence-electron chi connectivity index (χ0n) is 14.9. The summed E-state index contributed by atoms with van der Waals surface area (Å²) in [6, 6.07) is 0.0116. The second-order valence-corrected chi connectivity index (χ2v) is 6.62. The SMILES string of the molecule is Cc1onc(C(C)C)c1C(=O)N1CCOC[C@H]1CCc1cnccn1. The van der Waals surface area contributed by atoms with E-state index in [1.165, 1.54) is 0 Å². The molecule has 0 aliphatic carbocycles. The molecule has 0 radical (unpaired) electrons. The third-order valence-corrected chi connectivity index (χ3v) is 4.49. The maximum atomic E-state index is 13.2. The highest BCUT2D eigenvalue weighted by molar-refractivity contribution is 5.96. The maximum Gasteiger partial charge on any atom is 0.259 e. The van der Waals surface area contributed by atoms with E-state index >= 15 is 0 Å². The van der Waals surface area contributed by atoms with Crippen molar-refractivity contribution in [3.8, 4) is 0 Å². The zero-order valence-corrected chi connectivity index (χ0v) is 14.9. The largest absolute Gasteiger partial charge is 0.377 e. The first-order chi connectivity index (χ1) is 12.1. The molecule has 134 valence electrons. The van der Waals surface area contributed by atoms with Gasteiger partial charge in [-0.05, 0) is 25.7 Å². The van der Waals surface area contributed by atoms with E-state index in [1.54, 1.807) is 25.5 Å². The van der Waals surface area contributed by atoms with Crippen LogP contribution in [-0.4, -0.2) is 51.7 Å². The van der Waals surface area contributed by atoms with Crippen molar-refractivity contribution in [2.24, 2.45) is 0 Å². The number of carbonyl (C=O) groups is 1. The van der Waals surface area contributed by atoms with Gasteiger partial charge in [-0.2, -0.15) is 0 Å². The van der Waals surface area contributed by atoms with E-state index in [1.807, 2.05) is 18.7 Å². The summed E-state index contributed by atoms with van der Waals surface area (Å²) in [5.74, 6) is 0.693. The first-order valence-corrected chi connectivity index (χ1v) is 8.67. The summed E-state index contributed by atoms with van der Waals surface area (Å²) in [7, 11) is 0. The van der Waals surface area contributed by atoms with Crippen molar-refractivity contribution >= 4 is 5.91 Å². The van der Waals surface area contributed by atoms with Crippen LogP contribution >= 0.6 is 0 Å². The Hall–Kier alpha value is -2.28. The van der Waals surface area contributed by atoms with Crippen molar-refractivity contribution < 1.29 is 14.1 Å². The van der Waals surface area contributed by atoms with Crippen molar-refractivity contribution in [1.29, 1.82) is 0 Å². The molecule has 1 atom stereocenters. The molecule has 0 N–H and O–H groups in total. The van der Waals surface area contributed by atoms with Gasteiger partial charge >= 0.3 is 0 Å². The Bertz CT molecular complexity index is 714. The fraction of sp³-hybridized carbons (Fsp3) is 0.556. The molecule has 1 aliphatic rings. The lowest BCUT2D eigenvalue weighted by Crippen LogP contribution is -2.49. The van der Waals surface area contributed by atoms with Gasteiger partial charge in [0.05, 0.1) is 30.6 Å². The number of nitrogens with zero attached hydrogens (tertiary/aromatic N) is 4. The molecule has 3 heterocycles. The van der Waals surface area contributed by atoms with Crippen LogP contribution in [0.5, 0.6) is 0 Å². The molecule has 0 bridgehead atoms. The summed E-state index contributed by atoms with van der Waals surface area (Å²) in [6.45, 7) is 7.48. The highest BCUT2D eigenvalue weighted by Gasteiger charge is 2.32. The predicted molar refractivity (Wildman–Crippen MR) is 91.3 cm³/mol. The van der Waals surface area contributed by atoms with Crippen LogP contribution in [0.3, 0.4) is 0 Å². The molecular formula is C18H24N4O3. The van der Waals surface area contributed by atoms with Crippen molar-refractivity contribution in [1.82, 2.24) is 20.0 Å². The number of ether oxygens (including phenoxy) is 1. The van der Waals surface area contributed by atoms with E-state index in [2.05, 4.69) is 15.1 Å². The molecule has 0 unspecified atom stereocenters. The van der Waals surface area contributed by atoms with E-state index < -0.39 is 0 Å². The summed E-state index contributed by atoms with van der Waals surface area (Å²) in [4.78, 5) is 23.5. The number of morpholine rings is 1. The molecule has 0 saturated carbocycles. The van der Waals surface area contributed by atoms with Gasteiger partial charge < -0.3 is 14.2 Å². The Kier molecular flexibility index (Phi) is 5.43. The van der Waals surface area contributed by atoms with Crippen molar-refractivity contribution in [3.63, 3.8) is 0 Å². The van der Waals surface area contributed by atoms with E-state index in [9.17, 15) is 4.79 Å². The molecular weight excluding hydrogens is 320 g/mol. The zero-order chi connectivity index (χ0) is 17.8. The average molecular weight is 344 g/mol. The Morgan fingerprint density at radius 3 is 2.96 bits per heavy atom. The summed E-state index contributed by atoms with van der Waals surface area (Å²) in [5, 5.41) is 4.08. The standard InChI is InChI=1S/C18H24N4O3/c1-12(2)17-16(13(3)25-21-17)18(23)22-8-9-24-11-15(22)5-4-14-10-19-6-7-20-14/h6-7,10,12,15H,4-5,8-9,11H2,1-3H3/t15-/m1/s1. The van der Waals surface area contributed by atoms with Crippen LogP contribution in [0.15, 0.2) is 23.1 Å². The number of hydrogen-bond acceptors (Lipinski definition) is 6. The lowest BCUT2D eigenvalue weighted by atomic mass is 10.0. The Morgan fingerprint density at radius 2 is 2.24 bits per heavy atom. The highest BCUT2D eigenvalue weighted by Crippen LogP contribution is 2.25. The van der Waals surface area contributed by atoms with Crippen LogP contribution in [0.1, 0.15) is 53.7 Å². The Morgan fingerprint density at radius 1 is 1.40 bits per heavy atom. The van der Waals surface area contributed by atoms with E-state index in [-0.39, 0.29) is 17.9 Å². The fourth-order valence-electron chi connectivity index (χ4n) is 3.12. The summed E-state index contributed by atoms with van der Waals surface area (Å²) in [5.41, 5.74) is 2.24. The number of rotatable bonds is 5. The first-order valence-electron chi connectivity index (χ1n) is 8.67. The first kappa shape index (κ1) is 17.5. The van der Waals surface area contributed by atoms with Gasteiger partial charge in [-0.3, -0.25) is 14.8 Å². The smallest absolute Gasteiger partial charge is 0.259 e. The molecule has 7 nitrogen and oxygen atoms in total. The highest BCUT2D eigenvalue weighted by atomic mass is 16.5. The quantitative estimate of drug-likeness (QED) is 0.828. The number of aromatic nitrogens is 3. The molecule has 2 aromatic heterocycles. The summed E-state index contributed by atoms with van der Waals surface area (Å²) < 4.78 is 10.9. The van der Waals surface area contributed by atoms with Crippen molar-refractivity contribution in [2.75, 3.05) is 19.8 Å². The molecule has 1 amide bonds. The maximum absolute atomic E-state index is 13.2. The van der Waals surface area contributed by atoms with Crippen molar-refractivity contribution in [2.45, 2.75) is 45.6 Å². The Balaban J connectivity index is 1.76. The van der Waals surface area contributed by atoms with E-state index in [4.69, 9.17) is 9.26 Å². The third-order valence-electron chi connectivity index (χ3n) is 4.49. The molecule has 25 heavy (non-hydrogen) atoms. The van der Waals surface area contributed by atoms with Crippen molar-refractivity contribution in [3.05, 3.63) is 41.3 Å². The molecule has 2 aromatic rings. The lowest BCUT2D eigenvalue weighted by molar-refractivity contribution is -0.00428. The van der Waals surface area contributed by atoms with E-state index in [0.29, 0.717) is 31.1 Å². The van der Waals surface area contributed by atoms with Crippen LogP contribution in [0, 0.1) is 6.92 Å². The van der Waals surface area contributed by atoms with E-state index in [0.717, 1.165) is 24.2 Å². The second-order valence-electron chi connectivity index (χ2n) is 6.62. The van der Waals surface area contributed by atoms with Crippen LogP contribution in [0.4, 0.5) is 0 Å². The number of aryl methyl sites for hydroxylation is 2. The number of carbonyl (C=O) groups excluding carboxylic acids is 1. The minimum absolute atomic E-state index is 0.0116. The number of amides is 1. The van der Waals surface area contributed by atoms with Gasteiger partial charge in [-0.25, -0.2) is 0 Å². The van der Waals surface area contributed by atoms with Gasteiger partial charge in [0.15, 0.2) is 0 Å². The number of hydrogen-bond donors (Lipinski definition) is 0. The van der Waals surface area contributed by atoms with Gasteiger partial charge in [0.2, 0.25) is 0 Å². The van der Waals surface area contributed by atoms with Crippen LogP contribution in [-0.2, 0) is 11.2 Å². The lowest BCUT2D eigenvalue weighted by Gasteiger charge is -2.35. The topological polar surface area (TPSA) is 81.4 Å². The molecule has 1 saturated heterocycles. The molecule has 7 heteroatoms. The summed E-state index contributed by atoms with van der Waals surface area (Å²) >= 11 is 0. The fourth-order valence-corrected chi connectivity index (χ4v) is 3.12. The minimum atomic E-state index is -0.0186. The van der Waals surface area contributed by atoms with Gasteiger partial charge in [0.25, 0.3) is 5.91 Å². The van der Waals surface area contributed by atoms with Gasteiger partial charge in [-0.15, -0.1) is 0 Å². The second kappa shape index (κ2) is 7.74. The normalized spacial score (nSPS) is 17.9. The predicted octanol–water partition coefficient (Wildman–Crippen LogP) is 2.37. The molecule has 3 rings (SSSR count).